The summed E-state index contributed by atoms with van der Waals surface area (Å²) in [6.07, 6.45) is -0.0506. The molecule has 3 aromatic carbocycles. The van der Waals surface area contributed by atoms with Crippen LogP contribution in [0.1, 0.15) is 11.3 Å². The van der Waals surface area contributed by atoms with Gasteiger partial charge in [0.05, 0.1) is 28.4 Å². The summed E-state index contributed by atoms with van der Waals surface area (Å²) in [6.45, 7) is 0.346. The summed E-state index contributed by atoms with van der Waals surface area (Å²) in [7, 11) is -1.35. The molecule has 4 aromatic rings. The van der Waals surface area contributed by atoms with E-state index < -0.39 is 16.8 Å². The van der Waals surface area contributed by atoms with Crippen molar-refractivity contribution < 1.29 is 18.8 Å². The first-order valence-electron chi connectivity index (χ1n) is 9.38. The quantitative estimate of drug-likeness (QED) is 0.475. The summed E-state index contributed by atoms with van der Waals surface area (Å²) in [5.41, 5.74) is 2.44. The van der Waals surface area contributed by atoms with Gasteiger partial charge in [0.2, 0.25) is 0 Å². The van der Waals surface area contributed by atoms with Gasteiger partial charge >= 0.3 is 5.97 Å². The Morgan fingerprint density at radius 1 is 0.867 bits per heavy atom. The number of nitrogens with zero attached hydrogens (tertiary/aromatic N) is 1. The first-order chi connectivity index (χ1) is 14.6. The first-order valence-corrected chi connectivity index (χ1v) is 10.5. The standard InChI is InChI=1S/C24H19NO4S/c26-24(27)15-17-5-11-21(12-6-17)30(28)22-13-9-20(10-14-22)29-16-19-8-7-18-3-1-2-4-23(18)25-19/h1-14H,15-16H2,(H,26,27)/t30-/m0/s1. The smallest absolute Gasteiger partial charge is 0.307 e. The highest BCUT2D eigenvalue weighted by molar-refractivity contribution is 7.85. The summed E-state index contributed by atoms with van der Waals surface area (Å²) in [6, 6.07) is 25.8. The number of fused-ring (bicyclic) bond motifs is 1. The van der Waals surface area contributed by atoms with Crippen LogP contribution in [0.2, 0.25) is 0 Å². The molecule has 6 heteroatoms. The Morgan fingerprint density at radius 2 is 1.53 bits per heavy atom. The maximum absolute atomic E-state index is 12.7. The summed E-state index contributed by atoms with van der Waals surface area (Å²) < 4.78 is 18.6. The normalized spacial score (nSPS) is 11.9. The fraction of sp³-hybridized carbons (Fsp3) is 0.0833. The predicted molar refractivity (Wildman–Crippen MR) is 115 cm³/mol. The number of carbonyl (C=O) groups is 1. The Kier molecular flexibility index (Phi) is 5.86. The summed E-state index contributed by atoms with van der Waals surface area (Å²) >= 11 is 0. The summed E-state index contributed by atoms with van der Waals surface area (Å²) in [5, 5.41) is 9.92. The van der Waals surface area contributed by atoms with E-state index in [9.17, 15) is 9.00 Å². The molecule has 150 valence electrons. The molecule has 0 bridgehead atoms. The average Bonchev–Trinajstić information content (AvgIpc) is 2.77. The Balaban J connectivity index is 1.40. The van der Waals surface area contributed by atoms with Gasteiger partial charge in [-0.1, -0.05) is 36.4 Å². The van der Waals surface area contributed by atoms with E-state index in [-0.39, 0.29) is 6.42 Å². The molecule has 1 N–H and O–H groups in total. The number of aliphatic carboxylic acids is 1. The van der Waals surface area contributed by atoms with Crippen LogP contribution < -0.4 is 4.74 Å². The van der Waals surface area contributed by atoms with Crippen LogP contribution in [0.3, 0.4) is 0 Å². The maximum Gasteiger partial charge on any atom is 0.307 e. The lowest BCUT2D eigenvalue weighted by atomic mass is 10.2. The number of hydrogen-bond acceptors (Lipinski definition) is 4. The molecule has 0 fully saturated rings. The molecule has 0 unspecified atom stereocenters. The fourth-order valence-corrected chi connectivity index (χ4v) is 4.09. The topological polar surface area (TPSA) is 76.5 Å². The van der Waals surface area contributed by atoms with Crippen LogP contribution in [-0.4, -0.2) is 20.3 Å². The van der Waals surface area contributed by atoms with Gasteiger partial charge in [0, 0.05) is 15.2 Å². The molecule has 0 aliphatic heterocycles. The number of carboxylic acid groups (broad SMARTS) is 1. The van der Waals surface area contributed by atoms with E-state index in [1.165, 1.54) is 0 Å². The molecule has 1 heterocycles. The van der Waals surface area contributed by atoms with Crippen LogP contribution in [-0.2, 0) is 28.6 Å². The largest absolute Gasteiger partial charge is 0.487 e. The van der Waals surface area contributed by atoms with E-state index in [1.54, 1.807) is 48.5 Å². The van der Waals surface area contributed by atoms with Crippen LogP contribution in [0.25, 0.3) is 10.9 Å². The second kappa shape index (κ2) is 8.88. The third kappa shape index (κ3) is 4.72. The van der Waals surface area contributed by atoms with Gasteiger partial charge in [-0.3, -0.25) is 4.79 Å². The number of benzene rings is 3. The SMILES string of the molecule is O=C(O)Cc1ccc([S@](=O)c2ccc(OCc3ccc4ccccc4n3)cc2)cc1. The lowest BCUT2D eigenvalue weighted by molar-refractivity contribution is -0.136. The molecule has 4 rings (SSSR count). The first kappa shape index (κ1) is 19.8. The van der Waals surface area contributed by atoms with Crippen molar-refractivity contribution in [3.05, 3.63) is 96.2 Å². The van der Waals surface area contributed by atoms with Gasteiger partial charge in [0.25, 0.3) is 0 Å². The lowest BCUT2D eigenvalue weighted by Gasteiger charge is -2.08. The van der Waals surface area contributed by atoms with Crippen molar-refractivity contribution in [3.63, 3.8) is 0 Å². The van der Waals surface area contributed by atoms with Crippen molar-refractivity contribution in [1.29, 1.82) is 0 Å². The van der Waals surface area contributed by atoms with Crippen molar-refractivity contribution in [2.24, 2.45) is 0 Å². The minimum Gasteiger partial charge on any atom is -0.487 e. The molecule has 0 aliphatic carbocycles. The summed E-state index contributed by atoms with van der Waals surface area (Å²) in [5.74, 6) is -0.221. The van der Waals surface area contributed by atoms with E-state index >= 15 is 0 Å². The molecule has 0 radical (unpaired) electrons. The molecule has 30 heavy (non-hydrogen) atoms. The second-order valence-corrected chi connectivity index (χ2v) is 8.22. The maximum atomic E-state index is 12.7. The molecule has 0 saturated heterocycles. The van der Waals surface area contributed by atoms with E-state index in [0.717, 1.165) is 16.6 Å². The molecule has 1 atom stereocenters. The molecule has 0 aliphatic rings. The van der Waals surface area contributed by atoms with Crippen LogP contribution in [0.4, 0.5) is 0 Å². The molecular formula is C24H19NO4S. The zero-order valence-electron chi connectivity index (χ0n) is 16.0. The van der Waals surface area contributed by atoms with E-state index in [0.29, 0.717) is 27.7 Å². The Labute approximate surface area is 176 Å². The second-order valence-electron chi connectivity index (χ2n) is 6.74. The lowest BCUT2D eigenvalue weighted by Crippen LogP contribution is -2.00. The van der Waals surface area contributed by atoms with Crippen molar-refractivity contribution in [1.82, 2.24) is 4.98 Å². The van der Waals surface area contributed by atoms with E-state index in [4.69, 9.17) is 9.84 Å². The van der Waals surface area contributed by atoms with Gasteiger partial charge in [0.15, 0.2) is 0 Å². The fourth-order valence-electron chi connectivity index (χ4n) is 3.05. The predicted octanol–water partition coefficient (Wildman–Crippen LogP) is 4.61. The number of hydrogen-bond donors (Lipinski definition) is 1. The third-order valence-electron chi connectivity index (χ3n) is 4.57. The Morgan fingerprint density at radius 3 is 2.23 bits per heavy atom. The Hall–Kier alpha value is -3.51. The molecule has 0 saturated carbocycles. The van der Waals surface area contributed by atoms with Gasteiger partial charge in [-0.2, -0.15) is 0 Å². The number of pyridine rings is 1. The molecule has 1 aromatic heterocycles. The van der Waals surface area contributed by atoms with Gasteiger partial charge in [0.1, 0.15) is 12.4 Å². The minimum atomic E-state index is -1.35. The summed E-state index contributed by atoms with van der Waals surface area (Å²) in [4.78, 5) is 16.6. The third-order valence-corrected chi connectivity index (χ3v) is 5.97. The number of rotatable bonds is 7. The van der Waals surface area contributed by atoms with Crippen LogP contribution in [0.15, 0.2) is 94.7 Å². The highest BCUT2D eigenvalue weighted by Crippen LogP contribution is 2.21. The van der Waals surface area contributed by atoms with E-state index in [1.807, 2.05) is 36.4 Å². The number of ether oxygens (including phenoxy) is 1. The highest BCUT2D eigenvalue weighted by atomic mass is 32.2. The number of aromatic nitrogens is 1. The minimum absolute atomic E-state index is 0.0506. The average molecular weight is 417 g/mol. The number of para-hydroxylation sites is 1. The zero-order chi connectivity index (χ0) is 20.9. The number of carboxylic acids is 1. The molecule has 0 spiro atoms. The highest BCUT2D eigenvalue weighted by Gasteiger charge is 2.09. The van der Waals surface area contributed by atoms with E-state index in [2.05, 4.69) is 4.98 Å². The van der Waals surface area contributed by atoms with Crippen LogP contribution in [0.5, 0.6) is 5.75 Å². The Bertz CT molecular complexity index is 1200. The molecule has 0 amide bonds. The van der Waals surface area contributed by atoms with Crippen LogP contribution >= 0.6 is 0 Å². The van der Waals surface area contributed by atoms with Crippen molar-refractivity contribution in [3.8, 4) is 5.75 Å². The van der Waals surface area contributed by atoms with Gasteiger partial charge < -0.3 is 9.84 Å². The van der Waals surface area contributed by atoms with Crippen LogP contribution in [0, 0.1) is 0 Å². The van der Waals surface area contributed by atoms with Crippen molar-refractivity contribution in [2.75, 3.05) is 0 Å². The van der Waals surface area contributed by atoms with Gasteiger partial charge in [-0.05, 0) is 54.1 Å². The molecular weight excluding hydrogens is 398 g/mol. The van der Waals surface area contributed by atoms with Gasteiger partial charge in [-0.25, -0.2) is 9.19 Å². The van der Waals surface area contributed by atoms with Gasteiger partial charge in [-0.15, -0.1) is 0 Å². The monoisotopic (exact) mass is 417 g/mol. The molecule has 5 nitrogen and oxygen atoms in total. The zero-order valence-corrected chi connectivity index (χ0v) is 16.8. The van der Waals surface area contributed by atoms with Crippen molar-refractivity contribution in [2.45, 2.75) is 22.8 Å². The van der Waals surface area contributed by atoms with Crippen molar-refractivity contribution >= 4 is 27.7 Å².